The van der Waals surface area contributed by atoms with E-state index in [9.17, 15) is 4.79 Å². The van der Waals surface area contributed by atoms with Crippen LogP contribution < -0.4 is 10.6 Å². The Hall–Kier alpha value is -1.00. The number of anilines is 1. The van der Waals surface area contributed by atoms with Crippen molar-refractivity contribution in [3.63, 3.8) is 0 Å². The highest BCUT2D eigenvalue weighted by Crippen LogP contribution is 2.06. The van der Waals surface area contributed by atoms with Crippen LogP contribution in [-0.4, -0.2) is 30.5 Å². The molecule has 1 aromatic carbocycles. The number of carbonyl (C=O) groups excluding carboxylic acids is 1. The van der Waals surface area contributed by atoms with E-state index in [1.54, 1.807) is 0 Å². The monoisotopic (exact) mass is 294 g/mol. The summed E-state index contributed by atoms with van der Waals surface area (Å²) in [6.07, 6.45) is 7.10. The van der Waals surface area contributed by atoms with Crippen molar-refractivity contribution < 1.29 is 4.79 Å². The Bertz CT molecular complexity index is 370. The maximum absolute atomic E-state index is 11.9. The molecule has 20 heavy (non-hydrogen) atoms. The van der Waals surface area contributed by atoms with Gasteiger partial charge in [-0.2, -0.15) is 11.8 Å². The molecule has 1 amide bonds. The fraction of sp³-hybridized carbons (Fsp3) is 0.562. The van der Waals surface area contributed by atoms with Gasteiger partial charge in [0.05, 0.1) is 6.04 Å². The summed E-state index contributed by atoms with van der Waals surface area (Å²) in [6, 6.07) is 9.42. The lowest BCUT2D eigenvalue weighted by Gasteiger charge is -2.14. The molecule has 1 rings (SSSR count). The Labute approximate surface area is 126 Å². The van der Waals surface area contributed by atoms with Crippen molar-refractivity contribution in [1.82, 2.24) is 5.32 Å². The first-order chi connectivity index (χ1) is 9.74. The standard InChI is InChI=1S/C16H26N2OS/c1-14(17-12-8-3-4-9-13-20-2)16(19)18-15-10-6-5-7-11-15/h5-7,10-11,14,17H,3-4,8-9,12-13H2,1-2H3,(H,18,19). The number of carbonyl (C=O) groups is 1. The smallest absolute Gasteiger partial charge is 0.241 e. The number of hydrogen-bond acceptors (Lipinski definition) is 3. The van der Waals surface area contributed by atoms with Crippen LogP contribution in [0.15, 0.2) is 30.3 Å². The van der Waals surface area contributed by atoms with Gasteiger partial charge in [-0.25, -0.2) is 0 Å². The lowest BCUT2D eigenvalue weighted by Crippen LogP contribution is -2.38. The SMILES string of the molecule is CSCCCCCCNC(C)C(=O)Nc1ccccc1. The first kappa shape index (κ1) is 17.1. The molecule has 0 aromatic heterocycles. The average molecular weight is 294 g/mol. The van der Waals surface area contributed by atoms with E-state index in [1.807, 2.05) is 49.0 Å². The summed E-state index contributed by atoms with van der Waals surface area (Å²) in [5.41, 5.74) is 0.850. The number of nitrogens with one attached hydrogen (secondary N) is 2. The van der Waals surface area contributed by atoms with Gasteiger partial charge in [-0.05, 0) is 50.5 Å². The molecule has 4 heteroatoms. The second kappa shape index (κ2) is 10.7. The van der Waals surface area contributed by atoms with Crippen LogP contribution in [0.3, 0.4) is 0 Å². The van der Waals surface area contributed by atoms with Crippen LogP contribution in [0.2, 0.25) is 0 Å². The lowest BCUT2D eigenvalue weighted by atomic mass is 10.2. The third-order valence-electron chi connectivity index (χ3n) is 3.16. The van der Waals surface area contributed by atoms with Crippen LogP contribution in [-0.2, 0) is 4.79 Å². The molecule has 0 saturated carbocycles. The zero-order chi connectivity index (χ0) is 14.6. The summed E-state index contributed by atoms with van der Waals surface area (Å²) < 4.78 is 0. The molecule has 0 radical (unpaired) electrons. The topological polar surface area (TPSA) is 41.1 Å². The predicted molar refractivity (Wildman–Crippen MR) is 89.4 cm³/mol. The molecular formula is C16H26N2OS. The molecule has 0 aliphatic rings. The highest BCUT2D eigenvalue weighted by molar-refractivity contribution is 7.98. The van der Waals surface area contributed by atoms with Crippen molar-refractivity contribution in [3.05, 3.63) is 30.3 Å². The summed E-state index contributed by atoms with van der Waals surface area (Å²) in [5, 5.41) is 6.18. The number of para-hydroxylation sites is 1. The van der Waals surface area contributed by atoms with Crippen molar-refractivity contribution in [3.8, 4) is 0 Å². The molecule has 0 spiro atoms. The number of amides is 1. The summed E-state index contributed by atoms with van der Waals surface area (Å²) in [5.74, 6) is 1.28. The molecule has 0 fully saturated rings. The fourth-order valence-electron chi connectivity index (χ4n) is 1.91. The number of unbranched alkanes of at least 4 members (excludes halogenated alkanes) is 3. The van der Waals surface area contributed by atoms with Gasteiger partial charge in [0.2, 0.25) is 5.91 Å². The number of hydrogen-bond donors (Lipinski definition) is 2. The molecule has 0 aliphatic carbocycles. The summed E-state index contributed by atoms with van der Waals surface area (Å²) >= 11 is 1.91. The van der Waals surface area contributed by atoms with Crippen molar-refractivity contribution in [2.24, 2.45) is 0 Å². The third-order valence-corrected chi connectivity index (χ3v) is 3.86. The molecule has 0 saturated heterocycles. The predicted octanol–water partition coefficient (Wildman–Crippen LogP) is 3.53. The Balaban J connectivity index is 2.10. The molecule has 2 N–H and O–H groups in total. The maximum atomic E-state index is 11.9. The minimum Gasteiger partial charge on any atom is -0.325 e. The van der Waals surface area contributed by atoms with Crippen LogP contribution in [0.1, 0.15) is 32.6 Å². The second-order valence-corrected chi connectivity index (χ2v) is 5.92. The quantitative estimate of drug-likeness (QED) is 0.649. The zero-order valence-corrected chi connectivity index (χ0v) is 13.3. The summed E-state index contributed by atoms with van der Waals surface area (Å²) in [7, 11) is 0. The number of rotatable bonds is 10. The van der Waals surface area contributed by atoms with Gasteiger partial charge in [0, 0.05) is 5.69 Å². The largest absolute Gasteiger partial charge is 0.325 e. The van der Waals surface area contributed by atoms with E-state index in [1.165, 1.54) is 25.0 Å². The van der Waals surface area contributed by atoms with Gasteiger partial charge in [0.15, 0.2) is 0 Å². The van der Waals surface area contributed by atoms with Crippen LogP contribution in [0.4, 0.5) is 5.69 Å². The number of thioether (sulfide) groups is 1. The molecule has 0 bridgehead atoms. The molecule has 112 valence electrons. The zero-order valence-electron chi connectivity index (χ0n) is 12.5. The normalized spacial score (nSPS) is 12.1. The van der Waals surface area contributed by atoms with E-state index in [0.29, 0.717) is 0 Å². The van der Waals surface area contributed by atoms with Crippen LogP contribution >= 0.6 is 11.8 Å². The van der Waals surface area contributed by atoms with Crippen molar-refractivity contribution in [2.45, 2.75) is 38.6 Å². The van der Waals surface area contributed by atoms with Crippen LogP contribution in [0.5, 0.6) is 0 Å². The Kier molecular flexibility index (Phi) is 9.16. The Morgan fingerprint density at radius 3 is 2.55 bits per heavy atom. The third kappa shape index (κ3) is 7.56. The van der Waals surface area contributed by atoms with Gasteiger partial charge < -0.3 is 10.6 Å². The maximum Gasteiger partial charge on any atom is 0.241 e. The van der Waals surface area contributed by atoms with E-state index in [2.05, 4.69) is 16.9 Å². The summed E-state index contributed by atoms with van der Waals surface area (Å²) in [6.45, 7) is 2.81. The van der Waals surface area contributed by atoms with Crippen LogP contribution in [0, 0.1) is 0 Å². The average Bonchev–Trinajstić information content (AvgIpc) is 2.47. The lowest BCUT2D eigenvalue weighted by molar-refractivity contribution is -0.117. The van der Waals surface area contributed by atoms with Gasteiger partial charge >= 0.3 is 0 Å². The molecule has 1 atom stereocenters. The molecular weight excluding hydrogens is 268 g/mol. The highest BCUT2D eigenvalue weighted by atomic mass is 32.2. The van der Waals surface area contributed by atoms with Gasteiger partial charge in [0.25, 0.3) is 0 Å². The van der Waals surface area contributed by atoms with Gasteiger partial charge in [-0.15, -0.1) is 0 Å². The van der Waals surface area contributed by atoms with E-state index in [0.717, 1.165) is 18.7 Å². The van der Waals surface area contributed by atoms with Gasteiger partial charge in [-0.1, -0.05) is 31.0 Å². The van der Waals surface area contributed by atoms with Gasteiger partial charge in [0.1, 0.15) is 0 Å². The Morgan fingerprint density at radius 1 is 1.15 bits per heavy atom. The fourth-order valence-corrected chi connectivity index (χ4v) is 2.40. The van der Waals surface area contributed by atoms with Crippen LogP contribution in [0.25, 0.3) is 0 Å². The van der Waals surface area contributed by atoms with Crippen molar-refractivity contribution in [2.75, 3.05) is 23.9 Å². The van der Waals surface area contributed by atoms with E-state index >= 15 is 0 Å². The highest BCUT2D eigenvalue weighted by Gasteiger charge is 2.11. The van der Waals surface area contributed by atoms with Crippen molar-refractivity contribution >= 4 is 23.4 Å². The van der Waals surface area contributed by atoms with E-state index in [4.69, 9.17) is 0 Å². The van der Waals surface area contributed by atoms with Crippen molar-refractivity contribution in [1.29, 1.82) is 0 Å². The molecule has 0 aliphatic heterocycles. The molecule has 1 aromatic rings. The van der Waals surface area contributed by atoms with Gasteiger partial charge in [-0.3, -0.25) is 4.79 Å². The molecule has 0 heterocycles. The molecule has 3 nitrogen and oxygen atoms in total. The number of benzene rings is 1. The second-order valence-electron chi connectivity index (χ2n) is 4.94. The first-order valence-electron chi connectivity index (χ1n) is 7.32. The minimum atomic E-state index is -0.151. The van der Waals surface area contributed by atoms with E-state index < -0.39 is 0 Å². The Morgan fingerprint density at radius 2 is 1.85 bits per heavy atom. The van der Waals surface area contributed by atoms with E-state index in [-0.39, 0.29) is 11.9 Å². The summed E-state index contributed by atoms with van der Waals surface area (Å²) in [4.78, 5) is 11.9. The molecule has 1 unspecified atom stereocenters. The minimum absolute atomic E-state index is 0.0265. The first-order valence-corrected chi connectivity index (χ1v) is 8.71.